The van der Waals surface area contributed by atoms with Gasteiger partial charge in [-0.3, -0.25) is 9.59 Å². The van der Waals surface area contributed by atoms with Gasteiger partial charge in [0.1, 0.15) is 0 Å². The Kier molecular flexibility index (Phi) is 7.09. The lowest BCUT2D eigenvalue weighted by Gasteiger charge is -2.19. The molecule has 0 spiro atoms. The fourth-order valence-electron chi connectivity index (χ4n) is 3.74. The van der Waals surface area contributed by atoms with Crippen molar-refractivity contribution >= 4 is 78.8 Å². The zero-order valence-electron chi connectivity index (χ0n) is 18.7. The van der Waals surface area contributed by atoms with Gasteiger partial charge in [-0.15, -0.1) is 12.4 Å². The van der Waals surface area contributed by atoms with E-state index in [1.54, 1.807) is 24.3 Å². The minimum absolute atomic E-state index is 0. The van der Waals surface area contributed by atoms with Gasteiger partial charge in [-0.05, 0) is 48.5 Å². The number of nitrogens with zero attached hydrogens (tertiary/aromatic N) is 2. The summed E-state index contributed by atoms with van der Waals surface area (Å²) in [7, 11) is -3.73. The highest BCUT2D eigenvalue weighted by atomic mass is 35.5. The van der Waals surface area contributed by atoms with Crippen molar-refractivity contribution in [3.63, 3.8) is 0 Å². The van der Waals surface area contributed by atoms with Gasteiger partial charge in [-0.2, -0.15) is 0 Å². The number of sulfonamides is 1. The Morgan fingerprint density at radius 3 is 2.09 bits per heavy atom. The number of amides is 2. The van der Waals surface area contributed by atoms with E-state index in [1.165, 1.54) is 13.8 Å². The van der Waals surface area contributed by atoms with Gasteiger partial charge in [0, 0.05) is 36.0 Å². The Labute approximate surface area is 203 Å². The molecule has 2 N–H and O–H groups in total. The molecule has 2 amide bonds. The average Bonchev–Trinajstić information content (AvgIpc) is 2.73. The average molecular weight is 499 g/mol. The molecule has 0 bridgehead atoms. The number of hydrogen-bond acceptors (Lipinski definition) is 6. The van der Waals surface area contributed by atoms with Crippen LogP contribution in [0.15, 0.2) is 66.7 Å². The van der Waals surface area contributed by atoms with Crippen LogP contribution in [-0.4, -0.2) is 31.5 Å². The van der Waals surface area contributed by atoms with Crippen LogP contribution in [0.1, 0.15) is 13.8 Å². The number of pyridine rings is 1. The quantitative estimate of drug-likeness (QED) is 0.382. The third-order valence-corrected chi connectivity index (χ3v) is 6.12. The number of aromatic nitrogens is 1. The molecule has 0 atom stereocenters. The molecule has 1 heterocycles. The van der Waals surface area contributed by atoms with Crippen LogP contribution in [-0.2, 0) is 19.6 Å². The number of para-hydroxylation sites is 1. The van der Waals surface area contributed by atoms with Crippen molar-refractivity contribution in [2.45, 2.75) is 13.8 Å². The third-order valence-electron chi connectivity index (χ3n) is 4.99. The molecule has 0 unspecified atom stereocenters. The monoisotopic (exact) mass is 498 g/mol. The minimum atomic E-state index is -3.73. The topological polar surface area (TPSA) is 108 Å². The molecule has 4 rings (SSSR count). The molecule has 34 heavy (non-hydrogen) atoms. The van der Waals surface area contributed by atoms with Crippen LogP contribution in [0.25, 0.3) is 21.8 Å². The maximum Gasteiger partial charge on any atom is 0.238 e. The van der Waals surface area contributed by atoms with E-state index in [2.05, 4.69) is 10.6 Å². The Morgan fingerprint density at radius 1 is 0.853 bits per heavy atom. The first-order valence-electron chi connectivity index (χ1n) is 10.1. The number of carbonyl (C=O) groups excluding carboxylic acids is 2. The van der Waals surface area contributed by atoms with Gasteiger partial charge in [0.25, 0.3) is 0 Å². The van der Waals surface area contributed by atoms with Gasteiger partial charge in [0.2, 0.25) is 21.8 Å². The van der Waals surface area contributed by atoms with E-state index < -0.39 is 15.9 Å². The summed E-state index contributed by atoms with van der Waals surface area (Å²) in [5, 5.41) is 7.94. The predicted octanol–water partition coefficient (Wildman–Crippen LogP) is 4.82. The smallest absolute Gasteiger partial charge is 0.238 e. The maximum absolute atomic E-state index is 12.0. The molecule has 0 aliphatic rings. The second-order valence-corrected chi connectivity index (χ2v) is 9.47. The molecule has 10 heteroatoms. The Bertz CT molecular complexity index is 1510. The Morgan fingerprint density at radius 2 is 1.47 bits per heavy atom. The van der Waals surface area contributed by atoms with E-state index in [-0.39, 0.29) is 24.0 Å². The highest BCUT2D eigenvalue weighted by molar-refractivity contribution is 7.92. The fraction of sp³-hybridized carbons (Fsp3) is 0.125. The van der Waals surface area contributed by atoms with Crippen LogP contribution in [0, 0.1) is 0 Å². The largest absolute Gasteiger partial charge is 0.354 e. The summed E-state index contributed by atoms with van der Waals surface area (Å²) in [5.74, 6) is -0.749. The number of halogens is 1. The summed E-state index contributed by atoms with van der Waals surface area (Å²) in [6.07, 6.45) is 0.991. The molecular weight excluding hydrogens is 476 g/mol. The number of nitrogens with one attached hydrogen (secondary N) is 2. The molecule has 8 nitrogen and oxygen atoms in total. The molecule has 3 aromatic carbocycles. The van der Waals surface area contributed by atoms with Crippen LogP contribution in [0.5, 0.6) is 0 Å². The number of carbonyl (C=O) groups is 2. The fourth-order valence-corrected chi connectivity index (χ4v) is 4.71. The highest BCUT2D eigenvalue weighted by Gasteiger charge is 2.21. The predicted molar refractivity (Wildman–Crippen MR) is 139 cm³/mol. The number of hydrogen-bond donors (Lipinski definition) is 2. The minimum Gasteiger partial charge on any atom is -0.354 e. The summed E-state index contributed by atoms with van der Waals surface area (Å²) < 4.78 is 24.7. The zero-order valence-corrected chi connectivity index (χ0v) is 20.3. The zero-order chi connectivity index (χ0) is 23.8. The first-order chi connectivity index (χ1) is 15.6. The van der Waals surface area contributed by atoms with Gasteiger partial charge in [-0.1, -0.05) is 18.2 Å². The van der Waals surface area contributed by atoms with Gasteiger partial charge in [0.15, 0.2) is 0 Å². The van der Waals surface area contributed by atoms with Crippen molar-refractivity contribution in [2.75, 3.05) is 21.2 Å². The highest BCUT2D eigenvalue weighted by Crippen LogP contribution is 2.34. The van der Waals surface area contributed by atoms with Crippen LogP contribution in [0.3, 0.4) is 0 Å². The van der Waals surface area contributed by atoms with Crippen molar-refractivity contribution in [3.8, 4) is 0 Å². The first-order valence-corrected chi connectivity index (χ1v) is 12.0. The van der Waals surface area contributed by atoms with Gasteiger partial charge >= 0.3 is 0 Å². The molecule has 0 saturated heterocycles. The second-order valence-electron chi connectivity index (χ2n) is 7.64. The molecule has 0 aliphatic heterocycles. The van der Waals surface area contributed by atoms with Crippen molar-refractivity contribution in [3.05, 3.63) is 66.7 Å². The third kappa shape index (κ3) is 5.11. The van der Waals surface area contributed by atoms with Crippen molar-refractivity contribution < 1.29 is 18.0 Å². The van der Waals surface area contributed by atoms with Crippen LogP contribution >= 0.6 is 12.4 Å². The summed E-state index contributed by atoms with van der Waals surface area (Å²) in [5.41, 5.74) is 3.93. The number of rotatable bonds is 5. The van der Waals surface area contributed by atoms with E-state index in [0.29, 0.717) is 16.9 Å². The Hall–Kier alpha value is -3.69. The van der Waals surface area contributed by atoms with E-state index in [4.69, 9.17) is 4.98 Å². The summed E-state index contributed by atoms with van der Waals surface area (Å²) in [4.78, 5) is 28.0. The van der Waals surface area contributed by atoms with E-state index in [9.17, 15) is 18.0 Å². The van der Waals surface area contributed by atoms with Crippen molar-refractivity contribution in [2.24, 2.45) is 0 Å². The van der Waals surface area contributed by atoms with Crippen molar-refractivity contribution in [1.29, 1.82) is 0 Å². The number of fused-ring (bicyclic) bond motifs is 2. The lowest BCUT2D eigenvalue weighted by Crippen LogP contribution is -2.34. The molecular formula is C24H23ClN4O4S. The van der Waals surface area contributed by atoms with Crippen LogP contribution < -0.4 is 14.9 Å². The van der Waals surface area contributed by atoms with E-state index in [1.807, 2.05) is 42.5 Å². The molecule has 0 saturated carbocycles. The molecule has 0 aliphatic carbocycles. The second kappa shape index (κ2) is 9.66. The number of anilines is 4. The summed E-state index contributed by atoms with van der Waals surface area (Å²) in [6.45, 7) is 2.66. The Balaban J connectivity index is 0.00000324. The van der Waals surface area contributed by atoms with E-state index in [0.717, 1.165) is 32.5 Å². The van der Waals surface area contributed by atoms with Crippen LogP contribution in [0.2, 0.25) is 0 Å². The van der Waals surface area contributed by atoms with Gasteiger partial charge < -0.3 is 10.6 Å². The first kappa shape index (κ1) is 24.9. The molecule has 4 aromatic rings. The summed E-state index contributed by atoms with van der Waals surface area (Å²) >= 11 is 0. The van der Waals surface area contributed by atoms with Crippen LogP contribution in [0.4, 0.5) is 22.7 Å². The number of benzene rings is 3. The maximum atomic E-state index is 12.0. The van der Waals surface area contributed by atoms with Gasteiger partial charge in [0.05, 0.1) is 28.7 Å². The lowest BCUT2D eigenvalue weighted by atomic mass is 10.1. The molecule has 1 aromatic heterocycles. The normalized spacial score (nSPS) is 11.0. The lowest BCUT2D eigenvalue weighted by molar-refractivity contribution is -0.115. The SMILES string of the molecule is CC(=O)Nc1ccc2c(Nc3ccc(N(C(C)=O)S(C)(=O)=O)cc3)c3ccccc3nc2c1.Cl. The molecule has 0 fully saturated rings. The van der Waals surface area contributed by atoms with E-state index >= 15 is 0 Å². The van der Waals surface area contributed by atoms with Gasteiger partial charge in [-0.25, -0.2) is 17.7 Å². The molecule has 176 valence electrons. The van der Waals surface area contributed by atoms with Crippen molar-refractivity contribution in [1.82, 2.24) is 4.98 Å². The standard InChI is InChI=1S/C24H22N4O4S.ClH/c1-15(29)25-18-10-13-21-23(14-18)27-22-7-5-4-6-20(22)24(21)26-17-8-11-19(12-9-17)28(16(2)30)33(3,31)32;/h4-14H,1-3H3,(H,25,29)(H,26,27);1H. The molecule has 0 radical (unpaired) electrons. The summed E-state index contributed by atoms with van der Waals surface area (Å²) in [6, 6.07) is 19.8.